The van der Waals surface area contributed by atoms with Crippen LogP contribution in [-0.4, -0.2) is 29.2 Å². The van der Waals surface area contributed by atoms with Crippen LogP contribution < -0.4 is 5.73 Å². The Kier molecular flexibility index (Phi) is 3.94. The first kappa shape index (κ1) is 13.7. The predicted molar refractivity (Wildman–Crippen MR) is 65.6 cm³/mol. The number of para-hydroxylation sites is 1. The molecule has 104 valence electrons. The van der Waals surface area contributed by atoms with Crippen molar-refractivity contribution in [3.05, 3.63) is 24.3 Å². The lowest BCUT2D eigenvalue weighted by molar-refractivity contribution is -0.174. The first-order valence-corrected chi connectivity index (χ1v) is 5.83. The van der Waals surface area contributed by atoms with E-state index in [4.69, 9.17) is 5.73 Å². The van der Waals surface area contributed by atoms with Gasteiger partial charge >= 0.3 is 6.18 Å². The molecule has 0 atom stereocenters. The normalized spacial score (nSPS) is 12.2. The van der Waals surface area contributed by atoms with E-state index >= 15 is 0 Å². The van der Waals surface area contributed by atoms with Gasteiger partial charge in [0.1, 0.15) is 6.61 Å². The molecule has 0 spiro atoms. The van der Waals surface area contributed by atoms with Gasteiger partial charge in [0.15, 0.2) is 5.82 Å². The summed E-state index contributed by atoms with van der Waals surface area (Å²) in [5, 5.41) is 5.00. The third-order valence-electron chi connectivity index (χ3n) is 2.61. The fourth-order valence-electron chi connectivity index (χ4n) is 1.83. The van der Waals surface area contributed by atoms with E-state index < -0.39 is 12.8 Å². The maximum absolute atomic E-state index is 11.9. The number of benzene rings is 1. The lowest BCUT2D eigenvalue weighted by Crippen LogP contribution is -2.18. The molecule has 2 N–H and O–H groups in total. The average molecular weight is 273 g/mol. The van der Waals surface area contributed by atoms with Gasteiger partial charge in [0.25, 0.3) is 0 Å². The van der Waals surface area contributed by atoms with Crippen molar-refractivity contribution in [2.45, 2.75) is 19.1 Å². The minimum atomic E-state index is -4.27. The molecule has 1 aromatic carbocycles. The van der Waals surface area contributed by atoms with Gasteiger partial charge in [0.05, 0.1) is 5.52 Å². The molecule has 4 nitrogen and oxygen atoms in total. The van der Waals surface area contributed by atoms with Gasteiger partial charge in [-0.15, -0.1) is 0 Å². The van der Waals surface area contributed by atoms with Crippen molar-refractivity contribution < 1.29 is 17.9 Å². The van der Waals surface area contributed by atoms with Crippen LogP contribution in [-0.2, 0) is 11.3 Å². The predicted octanol–water partition coefficient (Wildman–Crippen LogP) is 2.59. The smallest absolute Gasteiger partial charge is 0.382 e. The van der Waals surface area contributed by atoms with Crippen molar-refractivity contribution in [2.75, 3.05) is 18.9 Å². The van der Waals surface area contributed by atoms with Crippen molar-refractivity contribution in [3.8, 4) is 0 Å². The molecule has 2 aromatic rings. The van der Waals surface area contributed by atoms with E-state index in [1.165, 1.54) is 0 Å². The van der Waals surface area contributed by atoms with Gasteiger partial charge in [-0.1, -0.05) is 12.1 Å². The van der Waals surface area contributed by atoms with Crippen molar-refractivity contribution >= 4 is 16.7 Å². The van der Waals surface area contributed by atoms with Gasteiger partial charge in [-0.3, -0.25) is 4.68 Å². The van der Waals surface area contributed by atoms with Crippen LogP contribution >= 0.6 is 0 Å². The molecule has 0 aliphatic rings. The van der Waals surface area contributed by atoms with E-state index in [0.29, 0.717) is 18.8 Å². The monoisotopic (exact) mass is 273 g/mol. The SMILES string of the molecule is Nc1nn(CCCOCC(F)(F)F)c2ccccc12. The largest absolute Gasteiger partial charge is 0.411 e. The molecule has 0 unspecified atom stereocenters. The summed E-state index contributed by atoms with van der Waals surface area (Å²) in [6.45, 7) is -0.710. The molecule has 0 fully saturated rings. The van der Waals surface area contributed by atoms with E-state index in [9.17, 15) is 13.2 Å². The highest BCUT2D eigenvalue weighted by atomic mass is 19.4. The molecule has 0 aliphatic heterocycles. The van der Waals surface area contributed by atoms with Crippen LogP contribution in [0, 0.1) is 0 Å². The maximum Gasteiger partial charge on any atom is 0.411 e. The fraction of sp³-hybridized carbons (Fsp3) is 0.417. The second-order valence-corrected chi connectivity index (χ2v) is 4.15. The number of rotatable bonds is 5. The number of nitrogens with two attached hydrogens (primary N) is 1. The number of fused-ring (bicyclic) bond motifs is 1. The molecule has 0 saturated carbocycles. The van der Waals surface area contributed by atoms with Gasteiger partial charge in [-0.05, 0) is 18.6 Å². The second-order valence-electron chi connectivity index (χ2n) is 4.15. The van der Waals surface area contributed by atoms with Crippen LogP contribution in [0.3, 0.4) is 0 Å². The first-order valence-electron chi connectivity index (χ1n) is 5.83. The molecule has 19 heavy (non-hydrogen) atoms. The van der Waals surface area contributed by atoms with Crippen LogP contribution in [0.4, 0.5) is 19.0 Å². The average Bonchev–Trinajstić information content (AvgIpc) is 2.65. The van der Waals surface area contributed by atoms with Gasteiger partial charge in [-0.2, -0.15) is 18.3 Å². The lowest BCUT2D eigenvalue weighted by Gasteiger charge is -2.07. The third-order valence-corrected chi connectivity index (χ3v) is 2.61. The second kappa shape index (κ2) is 5.48. The molecule has 0 radical (unpaired) electrons. The van der Waals surface area contributed by atoms with E-state index in [2.05, 4.69) is 9.84 Å². The number of anilines is 1. The zero-order chi connectivity index (χ0) is 13.9. The molecule has 0 saturated heterocycles. The molecule has 2 rings (SSSR count). The summed E-state index contributed by atoms with van der Waals surface area (Å²) >= 11 is 0. The molecular formula is C12H14F3N3O. The Bertz CT molecular complexity index is 551. The molecule has 0 amide bonds. The third kappa shape index (κ3) is 3.60. The molecule has 1 heterocycles. The van der Waals surface area contributed by atoms with Crippen molar-refractivity contribution in [3.63, 3.8) is 0 Å². The summed E-state index contributed by atoms with van der Waals surface area (Å²) in [5.41, 5.74) is 6.62. The summed E-state index contributed by atoms with van der Waals surface area (Å²) in [4.78, 5) is 0. The van der Waals surface area contributed by atoms with E-state index in [-0.39, 0.29) is 6.61 Å². The Labute approximate surface area is 107 Å². The van der Waals surface area contributed by atoms with Gasteiger partial charge in [-0.25, -0.2) is 0 Å². The zero-order valence-electron chi connectivity index (χ0n) is 10.2. The Hall–Kier alpha value is -1.76. The number of hydrogen-bond acceptors (Lipinski definition) is 3. The van der Waals surface area contributed by atoms with Crippen molar-refractivity contribution in [1.82, 2.24) is 9.78 Å². The first-order chi connectivity index (χ1) is 8.97. The number of alkyl halides is 3. The Morgan fingerprint density at radius 1 is 1.26 bits per heavy atom. The minimum absolute atomic E-state index is 0.0353. The highest BCUT2D eigenvalue weighted by Gasteiger charge is 2.27. The Morgan fingerprint density at radius 2 is 2.00 bits per heavy atom. The summed E-state index contributed by atoms with van der Waals surface area (Å²) in [6.07, 6.45) is -3.83. The molecule has 0 aliphatic carbocycles. The number of halogens is 3. The number of ether oxygens (including phenoxy) is 1. The quantitative estimate of drug-likeness (QED) is 0.852. The van der Waals surface area contributed by atoms with Crippen molar-refractivity contribution in [1.29, 1.82) is 0 Å². The maximum atomic E-state index is 11.9. The van der Waals surface area contributed by atoms with Gasteiger partial charge in [0.2, 0.25) is 0 Å². The van der Waals surface area contributed by atoms with Crippen LogP contribution in [0.25, 0.3) is 10.9 Å². The Balaban J connectivity index is 1.89. The number of aromatic nitrogens is 2. The van der Waals surface area contributed by atoms with Crippen molar-refractivity contribution in [2.24, 2.45) is 0 Å². The van der Waals surface area contributed by atoms with E-state index in [1.54, 1.807) is 4.68 Å². The van der Waals surface area contributed by atoms with Gasteiger partial charge in [0, 0.05) is 18.5 Å². The summed E-state index contributed by atoms with van der Waals surface area (Å²) in [6, 6.07) is 7.45. The number of hydrogen-bond donors (Lipinski definition) is 1. The topological polar surface area (TPSA) is 53.1 Å². The number of aryl methyl sites for hydroxylation is 1. The fourth-order valence-corrected chi connectivity index (χ4v) is 1.83. The standard InChI is InChI=1S/C12H14F3N3O/c13-12(14,15)8-19-7-3-6-18-10-5-2-1-4-9(10)11(16)17-18/h1-2,4-5H,3,6-8H2,(H2,16,17). The molecule has 0 bridgehead atoms. The molecular weight excluding hydrogens is 259 g/mol. The highest BCUT2D eigenvalue weighted by Crippen LogP contribution is 2.20. The minimum Gasteiger partial charge on any atom is -0.382 e. The van der Waals surface area contributed by atoms with Crippen LogP contribution in [0.5, 0.6) is 0 Å². The summed E-state index contributed by atoms with van der Waals surface area (Å²) in [7, 11) is 0. The van der Waals surface area contributed by atoms with Crippen LogP contribution in [0.2, 0.25) is 0 Å². The van der Waals surface area contributed by atoms with Crippen LogP contribution in [0.1, 0.15) is 6.42 Å². The van der Waals surface area contributed by atoms with Gasteiger partial charge < -0.3 is 10.5 Å². The summed E-state index contributed by atoms with van der Waals surface area (Å²) in [5.74, 6) is 0.423. The molecule has 1 aromatic heterocycles. The zero-order valence-corrected chi connectivity index (χ0v) is 10.2. The molecule has 7 heteroatoms. The van der Waals surface area contributed by atoms with Crippen LogP contribution in [0.15, 0.2) is 24.3 Å². The Morgan fingerprint density at radius 3 is 2.74 bits per heavy atom. The van der Waals surface area contributed by atoms with E-state index in [0.717, 1.165) is 10.9 Å². The number of nitrogen functional groups attached to an aromatic ring is 1. The number of nitrogens with zero attached hydrogens (tertiary/aromatic N) is 2. The highest BCUT2D eigenvalue weighted by molar-refractivity contribution is 5.88. The summed E-state index contributed by atoms with van der Waals surface area (Å²) < 4.78 is 41.8. The lowest BCUT2D eigenvalue weighted by atomic mass is 10.2. The van der Waals surface area contributed by atoms with E-state index in [1.807, 2.05) is 24.3 Å².